The summed E-state index contributed by atoms with van der Waals surface area (Å²) in [6, 6.07) is 3.04. The SMILES string of the molecule is COc1cc2c(cc1[N+](=O)[O-])CCN2C(C)=O. The summed E-state index contributed by atoms with van der Waals surface area (Å²) < 4.78 is 4.98. The van der Waals surface area contributed by atoms with Crippen molar-refractivity contribution in [3.05, 3.63) is 27.8 Å². The fourth-order valence-corrected chi connectivity index (χ4v) is 2.04. The molecule has 0 spiro atoms. The molecule has 0 radical (unpaired) electrons. The van der Waals surface area contributed by atoms with Gasteiger partial charge in [0.2, 0.25) is 5.91 Å². The monoisotopic (exact) mass is 236 g/mol. The first-order valence-electron chi connectivity index (χ1n) is 5.18. The largest absolute Gasteiger partial charge is 0.490 e. The van der Waals surface area contributed by atoms with Crippen molar-refractivity contribution in [1.82, 2.24) is 0 Å². The minimum atomic E-state index is -0.477. The van der Waals surface area contributed by atoms with Gasteiger partial charge < -0.3 is 9.64 Å². The normalized spacial score (nSPS) is 13.4. The Morgan fingerprint density at radius 1 is 1.53 bits per heavy atom. The topological polar surface area (TPSA) is 72.7 Å². The van der Waals surface area contributed by atoms with E-state index in [9.17, 15) is 14.9 Å². The summed E-state index contributed by atoms with van der Waals surface area (Å²) in [5.74, 6) is 0.113. The predicted molar refractivity (Wildman–Crippen MR) is 61.4 cm³/mol. The summed E-state index contributed by atoms with van der Waals surface area (Å²) in [7, 11) is 1.38. The molecule has 0 N–H and O–H groups in total. The van der Waals surface area contributed by atoms with Crippen LogP contribution in [0.15, 0.2) is 12.1 Å². The van der Waals surface area contributed by atoms with Gasteiger partial charge in [0.1, 0.15) is 0 Å². The standard InChI is InChI=1S/C11H12N2O4/c1-7(14)12-4-3-8-5-10(13(15)16)11(17-2)6-9(8)12/h5-6H,3-4H2,1-2H3. The van der Waals surface area contributed by atoms with Crippen LogP contribution in [0.25, 0.3) is 0 Å². The maximum atomic E-state index is 11.4. The Morgan fingerprint density at radius 3 is 2.76 bits per heavy atom. The first kappa shape index (κ1) is 11.4. The van der Waals surface area contributed by atoms with Crippen molar-refractivity contribution in [3.8, 4) is 5.75 Å². The maximum Gasteiger partial charge on any atom is 0.311 e. The van der Waals surface area contributed by atoms with Gasteiger partial charge in [0.25, 0.3) is 0 Å². The van der Waals surface area contributed by atoms with Crippen molar-refractivity contribution in [2.45, 2.75) is 13.3 Å². The van der Waals surface area contributed by atoms with E-state index >= 15 is 0 Å². The number of amides is 1. The summed E-state index contributed by atoms with van der Waals surface area (Å²) in [4.78, 5) is 23.3. The lowest BCUT2D eigenvalue weighted by atomic mass is 10.1. The fraction of sp³-hybridized carbons (Fsp3) is 0.364. The molecule has 0 saturated heterocycles. The zero-order valence-corrected chi connectivity index (χ0v) is 9.60. The number of fused-ring (bicyclic) bond motifs is 1. The number of benzene rings is 1. The quantitative estimate of drug-likeness (QED) is 0.576. The van der Waals surface area contributed by atoms with Gasteiger partial charge in [-0.3, -0.25) is 14.9 Å². The van der Waals surface area contributed by atoms with Crippen molar-refractivity contribution in [1.29, 1.82) is 0 Å². The molecule has 1 aromatic carbocycles. The van der Waals surface area contributed by atoms with E-state index in [0.29, 0.717) is 18.7 Å². The lowest BCUT2D eigenvalue weighted by Gasteiger charge is -2.15. The van der Waals surface area contributed by atoms with Crippen molar-refractivity contribution in [2.75, 3.05) is 18.6 Å². The Bertz CT molecular complexity index is 498. The molecule has 0 saturated carbocycles. The summed E-state index contributed by atoms with van der Waals surface area (Å²) >= 11 is 0. The number of hydrogen-bond acceptors (Lipinski definition) is 4. The van der Waals surface area contributed by atoms with Gasteiger partial charge in [-0.15, -0.1) is 0 Å². The Morgan fingerprint density at radius 2 is 2.24 bits per heavy atom. The summed E-state index contributed by atoms with van der Waals surface area (Å²) in [5.41, 5.74) is 1.46. The molecule has 1 amide bonds. The number of nitro benzene ring substituents is 1. The number of methoxy groups -OCH3 is 1. The molecule has 1 aliphatic rings. The Balaban J connectivity index is 2.54. The van der Waals surface area contributed by atoms with E-state index in [4.69, 9.17) is 4.74 Å². The first-order valence-corrected chi connectivity index (χ1v) is 5.18. The van der Waals surface area contributed by atoms with E-state index in [2.05, 4.69) is 0 Å². The Hall–Kier alpha value is -2.11. The molecule has 0 bridgehead atoms. The Labute approximate surface area is 97.9 Å². The van der Waals surface area contributed by atoms with E-state index in [-0.39, 0.29) is 17.3 Å². The van der Waals surface area contributed by atoms with E-state index in [1.54, 1.807) is 11.0 Å². The lowest BCUT2D eigenvalue weighted by molar-refractivity contribution is -0.385. The van der Waals surface area contributed by atoms with Crippen LogP contribution in [-0.2, 0) is 11.2 Å². The average molecular weight is 236 g/mol. The highest BCUT2D eigenvalue weighted by Crippen LogP contribution is 2.38. The first-order chi connectivity index (χ1) is 8.04. The van der Waals surface area contributed by atoms with Crippen LogP contribution in [-0.4, -0.2) is 24.5 Å². The molecule has 0 atom stereocenters. The number of rotatable bonds is 2. The van der Waals surface area contributed by atoms with Gasteiger partial charge >= 0.3 is 5.69 Å². The third-order valence-corrected chi connectivity index (χ3v) is 2.85. The summed E-state index contributed by atoms with van der Waals surface area (Å²) in [6.07, 6.45) is 0.639. The second-order valence-electron chi connectivity index (χ2n) is 3.83. The van der Waals surface area contributed by atoms with Crippen molar-refractivity contribution < 1.29 is 14.5 Å². The van der Waals surface area contributed by atoms with Gasteiger partial charge in [-0.2, -0.15) is 0 Å². The number of nitrogens with zero attached hydrogens (tertiary/aromatic N) is 2. The van der Waals surface area contributed by atoms with Gasteiger partial charge in [0.05, 0.1) is 17.7 Å². The highest BCUT2D eigenvalue weighted by atomic mass is 16.6. The van der Waals surface area contributed by atoms with E-state index in [0.717, 1.165) is 5.56 Å². The van der Waals surface area contributed by atoms with Gasteiger partial charge in [-0.1, -0.05) is 0 Å². The highest BCUT2D eigenvalue weighted by molar-refractivity contribution is 5.94. The molecule has 1 aliphatic heterocycles. The van der Waals surface area contributed by atoms with E-state index in [1.807, 2.05) is 0 Å². The molecule has 1 aromatic rings. The molecule has 1 heterocycles. The van der Waals surface area contributed by atoms with Crippen molar-refractivity contribution in [2.24, 2.45) is 0 Å². The smallest absolute Gasteiger partial charge is 0.311 e. The molecule has 6 heteroatoms. The van der Waals surface area contributed by atoms with Crippen LogP contribution >= 0.6 is 0 Å². The Kier molecular flexibility index (Phi) is 2.71. The zero-order chi connectivity index (χ0) is 12.6. The minimum Gasteiger partial charge on any atom is -0.490 e. The summed E-state index contributed by atoms with van der Waals surface area (Å²) in [6.45, 7) is 2.04. The molecule has 6 nitrogen and oxygen atoms in total. The molecule has 0 fully saturated rings. The van der Waals surface area contributed by atoms with Gasteiger partial charge in [-0.25, -0.2) is 0 Å². The summed E-state index contributed by atoms with van der Waals surface area (Å²) in [5, 5.41) is 10.8. The number of ether oxygens (including phenoxy) is 1. The van der Waals surface area contributed by atoms with E-state index in [1.165, 1.54) is 20.1 Å². The number of hydrogen-bond donors (Lipinski definition) is 0. The van der Waals surface area contributed by atoms with Crippen molar-refractivity contribution >= 4 is 17.3 Å². The molecular weight excluding hydrogens is 224 g/mol. The molecule has 0 unspecified atom stereocenters. The molecule has 2 rings (SSSR count). The number of carbonyl (C=O) groups excluding carboxylic acids is 1. The average Bonchev–Trinajstić information content (AvgIpc) is 2.69. The second-order valence-corrected chi connectivity index (χ2v) is 3.83. The number of anilines is 1. The lowest BCUT2D eigenvalue weighted by Crippen LogP contribution is -2.25. The van der Waals surface area contributed by atoms with E-state index < -0.39 is 4.92 Å². The molecule has 0 aliphatic carbocycles. The number of carbonyl (C=O) groups is 1. The van der Waals surface area contributed by atoms with Crippen LogP contribution in [0.5, 0.6) is 5.75 Å². The second kappa shape index (κ2) is 4.04. The van der Waals surface area contributed by atoms with Crippen molar-refractivity contribution in [3.63, 3.8) is 0 Å². The molecular formula is C11H12N2O4. The predicted octanol–water partition coefficient (Wildman–Crippen LogP) is 1.51. The van der Waals surface area contributed by atoms with Crippen LogP contribution in [0.2, 0.25) is 0 Å². The molecule has 0 aromatic heterocycles. The highest BCUT2D eigenvalue weighted by Gasteiger charge is 2.27. The minimum absolute atomic E-state index is 0.0587. The fourth-order valence-electron chi connectivity index (χ4n) is 2.04. The molecule has 90 valence electrons. The van der Waals surface area contributed by atoms with Crippen LogP contribution in [0.3, 0.4) is 0 Å². The zero-order valence-electron chi connectivity index (χ0n) is 9.60. The maximum absolute atomic E-state index is 11.4. The van der Waals surface area contributed by atoms with Crippen LogP contribution in [0.4, 0.5) is 11.4 Å². The number of nitro groups is 1. The van der Waals surface area contributed by atoms with Crippen LogP contribution in [0, 0.1) is 10.1 Å². The van der Waals surface area contributed by atoms with Crippen LogP contribution < -0.4 is 9.64 Å². The molecule has 17 heavy (non-hydrogen) atoms. The van der Waals surface area contributed by atoms with Gasteiger partial charge in [0.15, 0.2) is 5.75 Å². The third-order valence-electron chi connectivity index (χ3n) is 2.85. The van der Waals surface area contributed by atoms with Gasteiger partial charge in [-0.05, 0) is 12.0 Å². The van der Waals surface area contributed by atoms with Gasteiger partial charge in [0, 0.05) is 25.6 Å². The third kappa shape index (κ3) is 1.82. The van der Waals surface area contributed by atoms with Crippen LogP contribution in [0.1, 0.15) is 12.5 Å².